The van der Waals surface area contributed by atoms with E-state index in [4.69, 9.17) is 17.3 Å². The zero-order valence-electron chi connectivity index (χ0n) is 9.50. The zero-order chi connectivity index (χ0) is 12.4. The maximum Gasteiger partial charge on any atom is 0.131 e. The van der Waals surface area contributed by atoms with Gasteiger partial charge < -0.3 is 5.73 Å². The van der Waals surface area contributed by atoms with E-state index in [2.05, 4.69) is 0 Å². The smallest absolute Gasteiger partial charge is 0.131 e. The topological polar surface area (TPSA) is 26.0 Å². The second-order valence-corrected chi connectivity index (χ2v) is 4.40. The van der Waals surface area contributed by atoms with Crippen LogP contribution in [0, 0.1) is 12.7 Å². The quantitative estimate of drug-likeness (QED) is 0.858. The third-order valence-corrected chi connectivity index (χ3v) is 3.07. The fraction of sp³-hybridized carbons (Fsp3) is 0.143. The highest BCUT2D eigenvalue weighted by atomic mass is 35.5. The first-order chi connectivity index (χ1) is 8.11. The second kappa shape index (κ2) is 4.86. The van der Waals surface area contributed by atoms with Gasteiger partial charge in [0.2, 0.25) is 0 Å². The summed E-state index contributed by atoms with van der Waals surface area (Å²) in [5.41, 5.74) is 8.81. The zero-order valence-corrected chi connectivity index (χ0v) is 10.3. The molecule has 3 heteroatoms. The van der Waals surface area contributed by atoms with Crippen LogP contribution in [0.2, 0.25) is 5.02 Å². The summed E-state index contributed by atoms with van der Waals surface area (Å²) in [5, 5.41) is 0.615. The lowest BCUT2D eigenvalue weighted by molar-refractivity contribution is 0.631. The molecule has 0 radical (unpaired) electrons. The van der Waals surface area contributed by atoms with Crippen molar-refractivity contribution in [3.8, 4) is 11.1 Å². The predicted octanol–water partition coefficient (Wildman–Crippen LogP) is 3.91. The number of hydrogen-bond donors (Lipinski definition) is 1. The van der Waals surface area contributed by atoms with Crippen LogP contribution in [-0.2, 0) is 6.54 Å². The van der Waals surface area contributed by atoms with Gasteiger partial charge in [0, 0.05) is 17.1 Å². The predicted molar refractivity (Wildman–Crippen MR) is 69.5 cm³/mol. The molecule has 2 aromatic carbocycles. The van der Waals surface area contributed by atoms with E-state index < -0.39 is 0 Å². The van der Waals surface area contributed by atoms with E-state index in [0.717, 1.165) is 16.7 Å². The molecule has 0 aliphatic heterocycles. The molecular weight excluding hydrogens is 237 g/mol. The van der Waals surface area contributed by atoms with Crippen LogP contribution < -0.4 is 5.73 Å². The van der Waals surface area contributed by atoms with Crippen molar-refractivity contribution in [1.29, 1.82) is 0 Å². The van der Waals surface area contributed by atoms with Gasteiger partial charge in [-0.15, -0.1) is 0 Å². The molecule has 0 fully saturated rings. The highest BCUT2D eigenvalue weighted by Gasteiger charge is 2.07. The number of hydrogen-bond acceptors (Lipinski definition) is 1. The molecule has 0 amide bonds. The van der Waals surface area contributed by atoms with E-state index >= 15 is 0 Å². The molecule has 0 bridgehead atoms. The molecule has 2 N–H and O–H groups in total. The maximum atomic E-state index is 13.7. The van der Waals surface area contributed by atoms with E-state index in [9.17, 15) is 4.39 Å². The highest BCUT2D eigenvalue weighted by Crippen LogP contribution is 2.27. The van der Waals surface area contributed by atoms with Crippen LogP contribution >= 0.6 is 11.6 Å². The van der Waals surface area contributed by atoms with Gasteiger partial charge in [-0.2, -0.15) is 0 Å². The molecule has 0 heterocycles. The Kier molecular flexibility index (Phi) is 3.46. The lowest BCUT2D eigenvalue weighted by Gasteiger charge is -2.08. The van der Waals surface area contributed by atoms with Crippen molar-refractivity contribution in [2.75, 3.05) is 0 Å². The molecular formula is C14H13ClFN. The maximum absolute atomic E-state index is 13.7. The Labute approximate surface area is 105 Å². The molecule has 2 rings (SSSR count). The van der Waals surface area contributed by atoms with Crippen LogP contribution in [0.4, 0.5) is 4.39 Å². The van der Waals surface area contributed by atoms with Crippen LogP contribution in [0.1, 0.15) is 11.1 Å². The van der Waals surface area contributed by atoms with Gasteiger partial charge in [0.15, 0.2) is 0 Å². The summed E-state index contributed by atoms with van der Waals surface area (Å²) in [6, 6.07) is 10.4. The average Bonchev–Trinajstić information content (AvgIpc) is 2.33. The molecule has 0 unspecified atom stereocenters. The van der Waals surface area contributed by atoms with E-state index in [1.807, 2.05) is 19.1 Å². The monoisotopic (exact) mass is 249 g/mol. The summed E-state index contributed by atoms with van der Waals surface area (Å²) in [5.74, 6) is -0.235. The van der Waals surface area contributed by atoms with Crippen molar-refractivity contribution < 1.29 is 4.39 Å². The van der Waals surface area contributed by atoms with Gasteiger partial charge >= 0.3 is 0 Å². The van der Waals surface area contributed by atoms with Gasteiger partial charge in [-0.3, -0.25) is 0 Å². The molecule has 0 aromatic heterocycles. The van der Waals surface area contributed by atoms with Gasteiger partial charge in [0.25, 0.3) is 0 Å². The van der Waals surface area contributed by atoms with Gasteiger partial charge in [-0.1, -0.05) is 29.3 Å². The first-order valence-corrected chi connectivity index (χ1v) is 5.74. The molecule has 0 atom stereocenters. The van der Waals surface area contributed by atoms with Gasteiger partial charge in [-0.25, -0.2) is 4.39 Å². The molecule has 88 valence electrons. The Balaban J connectivity index is 2.56. The first-order valence-electron chi connectivity index (χ1n) is 5.37. The van der Waals surface area contributed by atoms with Crippen LogP contribution in [0.25, 0.3) is 11.1 Å². The van der Waals surface area contributed by atoms with Crippen LogP contribution in [0.15, 0.2) is 36.4 Å². The molecule has 0 saturated heterocycles. The van der Waals surface area contributed by atoms with Crippen molar-refractivity contribution in [3.63, 3.8) is 0 Å². The molecule has 0 spiro atoms. The minimum absolute atomic E-state index is 0.235. The van der Waals surface area contributed by atoms with E-state index in [-0.39, 0.29) is 5.82 Å². The number of benzene rings is 2. The van der Waals surface area contributed by atoms with E-state index in [0.29, 0.717) is 17.1 Å². The molecule has 1 nitrogen and oxygen atoms in total. The van der Waals surface area contributed by atoms with Gasteiger partial charge in [0.05, 0.1) is 0 Å². The van der Waals surface area contributed by atoms with Crippen molar-refractivity contribution in [3.05, 3.63) is 58.4 Å². The summed E-state index contributed by atoms with van der Waals surface area (Å²) < 4.78 is 13.7. The van der Waals surface area contributed by atoms with Crippen LogP contribution in [0.5, 0.6) is 0 Å². The number of halogens is 2. The Morgan fingerprint density at radius 2 is 1.94 bits per heavy atom. The van der Waals surface area contributed by atoms with Crippen molar-refractivity contribution in [2.45, 2.75) is 13.5 Å². The largest absolute Gasteiger partial charge is 0.326 e. The molecule has 0 saturated carbocycles. The number of nitrogens with two attached hydrogens (primary N) is 1. The highest BCUT2D eigenvalue weighted by molar-refractivity contribution is 6.31. The number of aryl methyl sites for hydroxylation is 1. The second-order valence-electron chi connectivity index (χ2n) is 3.99. The Bertz CT molecular complexity index is 552. The molecule has 2 aromatic rings. The Morgan fingerprint density at radius 1 is 1.18 bits per heavy atom. The molecule has 17 heavy (non-hydrogen) atoms. The summed E-state index contributed by atoms with van der Waals surface area (Å²) in [6.07, 6.45) is 0. The van der Waals surface area contributed by atoms with Crippen molar-refractivity contribution >= 4 is 11.6 Å². The fourth-order valence-corrected chi connectivity index (χ4v) is 1.95. The Morgan fingerprint density at radius 3 is 2.65 bits per heavy atom. The average molecular weight is 250 g/mol. The summed E-state index contributed by atoms with van der Waals surface area (Å²) in [7, 11) is 0. The third-order valence-electron chi connectivity index (χ3n) is 2.70. The molecule has 0 aliphatic rings. The summed E-state index contributed by atoms with van der Waals surface area (Å²) >= 11 is 5.98. The van der Waals surface area contributed by atoms with E-state index in [1.165, 1.54) is 6.07 Å². The third kappa shape index (κ3) is 2.48. The van der Waals surface area contributed by atoms with Crippen molar-refractivity contribution in [1.82, 2.24) is 0 Å². The standard InChI is InChI=1S/C14H13ClFN/c1-9-2-5-14(16)12(6-9)10-3-4-13(15)11(7-10)8-17/h2-7H,8,17H2,1H3. The first kappa shape index (κ1) is 12.1. The van der Waals surface area contributed by atoms with Crippen LogP contribution in [-0.4, -0.2) is 0 Å². The van der Waals surface area contributed by atoms with Gasteiger partial charge in [-0.05, 0) is 42.3 Å². The summed E-state index contributed by atoms with van der Waals surface area (Å²) in [6.45, 7) is 2.28. The van der Waals surface area contributed by atoms with Crippen molar-refractivity contribution in [2.24, 2.45) is 5.73 Å². The van der Waals surface area contributed by atoms with E-state index in [1.54, 1.807) is 18.2 Å². The lowest BCUT2D eigenvalue weighted by atomic mass is 10.0. The fourth-order valence-electron chi connectivity index (χ4n) is 1.76. The lowest BCUT2D eigenvalue weighted by Crippen LogP contribution is -1.97. The van der Waals surface area contributed by atoms with Gasteiger partial charge in [0.1, 0.15) is 5.82 Å². The SMILES string of the molecule is Cc1ccc(F)c(-c2ccc(Cl)c(CN)c2)c1. The van der Waals surface area contributed by atoms with Crippen LogP contribution in [0.3, 0.4) is 0 Å². The minimum Gasteiger partial charge on any atom is -0.326 e. The number of rotatable bonds is 2. The minimum atomic E-state index is -0.235. The summed E-state index contributed by atoms with van der Waals surface area (Å²) in [4.78, 5) is 0. The Hall–Kier alpha value is -1.38. The normalized spacial score (nSPS) is 10.6. The molecule has 0 aliphatic carbocycles.